The van der Waals surface area contributed by atoms with E-state index in [1.165, 1.54) is 0 Å². The first kappa shape index (κ1) is 13.0. The van der Waals surface area contributed by atoms with Crippen LogP contribution < -0.4 is 5.56 Å². The summed E-state index contributed by atoms with van der Waals surface area (Å²) in [6.07, 6.45) is 2.83. The van der Waals surface area contributed by atoms with E-state index in [1.807, 2.05) is 18.2 Å². The Morgan fingerprint density at radius 1 is 1.30 bits per heavy atom. The summed E-state index contributed by atoms with van der Waals surface area (Å²) in [5, 5.41) is 0.621. The third-order valence-electron chi connectivity index (χ3n) is 3.86. The Morgan fingerprint density at radius 3 is 2.80 bits per heavy atom. The third-order valence-corrected chi connectivity index (χ3v) is 3.86. The molecule has 20 heavy (non-hydrogen) atoms. The Hall–Kier alpha value is -2.01. The molecule has 104 valence electrons. The van der Waals surface area contributed by atoms with Gasteiger partial charge in [0.2, 0.25) is 0 Å². The maximum Gasteiger partial charge on any atom is 0.258 e. The fourth-order valence-corrected chi connectivity index (χ4v) is 2.67. The van der Waals surface area contributed by atoms with E-state index in [9.17, 15) is 9.59 Å². The molecule has 0 atom stereocenters. The molecule has 1 saturated heterocycles. The van der Waals surface area contributed by atoms with Gasteiger partial charge in [0.25, 0.3) is 5.56 Å². The van der Waals surface area contributed by atoms with Crippen molar-refractivity contribution in [2.75, 3.05) is 13.1 Å². The average Bonchev–Trinajstić information content (AvgIpc) is 2.48. The molecule has 1 N–H and O–H groups in total. The molecule has 1 aliphatic heterocycles. The van der Waals surface area contributed by atoms with Crippen LogP contribution in [0.25, 0.3) is 10.9 Å². The maximum absolute atomic E-state index is 12.0. The highest BCUT2D eigenvalue weighted by Gasteiger charge is 2.19. The van der Waals surface area contributed by atoms with Gasteiger partial charge in [0, 0.05) is 5.92 Å². The van der Waals surface area contributed by atoms with Crippen molar-refractivity contribution in [2.24, 2.45) is 5.92 Å². The fraction of sp³-hybridized carbons (Fsp3) is 0.400. The van der Waals surface area contributed by atoms with Crippen LogP contribution >= 0.6 is 0 Å². The number of likely N-dealkylation sites (tertiary alicyclic amines) is 1. The first-order valence-corrected chi connectivity index (χ1v) is 6.92. The Morgan fingerprint density at radius 2 is 2.05 bits per heavy atom. The summed E-state index contributed by atoms with van der Waals surface area (Å²) in [6.45, 7) is 2.38. The second-order valence-electron chi connectivity index (χ2n) is 5.28. The van der Waals surface area contributed by atoms with Gasteiger partial charge in [-0.25, -0.2) is 4.98 Å². The first-order valence-electron chi connectivity index (χ1n) is 6.92. The smallest absolute Gasteiger partial charge is 0.258 e. The number of nitrogens with one attached hydrogen (secondary N) is 1. The third kappa shape index (κ3) is 2.63. The highest BCUT2D eigenvalue weighted by Crippen LogP contribution is 2.16. The number of carbonyl (C=O) groups excluding carboxylic acids is 1. The molecule has 0 saturated carbocycles. The second-order valence-corrected chi connectivity index (χ2v) is 5.28. The van der Waals surface area contributed by atoms with Gasteiger partial charge in [0.05, 0.1) is 17.4 Å². The highest BCUT2D eigenvalue weighted by molar-refractivity contribution is 5.77. The number of piperidine rings is 1. The van der Waals surface area contributed by atoms with E-state index in [0.29, 0.717) is 17.8 Å². The van der Waals surface area contributed by atoms with Gasteiger partial charge in [0.1, 0.15) is 12.1 Å². The molecule has 0 amide bonds. The standard InChI is InChI=1S/C15H17N3O2/c19-10-11-5-7-18(8-6-11)9-14-16-13-4-2-1-3-12(13)15(20)17-14/h1-4,10-11H,5-9H2,(H,16,17,20). The highest BCUT2D eigenvalue weighted by atomic mass is 16.1. The fourth-order valence-electron chi connectivity index (χ4n) is 2.67. The van der Waals surface area contributed by atoms with E-state index in [1.54, 1.807) is 6.07 Å². The van der Waals surface area contributed by atoms with Crippen molar-refractivity contribution in [3.63, 3.8) is 0 Å². The molecule has 0 unspecified atom stereocenters. The van der Waals surface area contributed by atoms with Crippen molar-refractivity contribution in [3.8, 4) is 0 Å². The zero-order chi connectivity index (χ0) is 13.9. The lowest BCUT2D eigenvalue weighted by atomic mass is 9.99. The van der Waals surface area contributed by atoms with Gasteiger partial charge >= 0.3 is 0 Å². The van der Waals surface area contributed by atoms with E-state index < -0.39 is 0 Å². The van der Waals surface area contributed by atoms with Crippen LogP contribution in [-0.4, -0.2) is 34.2 Å². The topological polar surface area (TPSA) is 66.1 Å². The molecule has 0 radical (unpaired) electrons. The van der Waals surface area contributed by atoms with Gasteiger partial charge in [-0.3, -0.25) is 9.69 Å². The number of aldehydes is 1. The molecule has 1 aliphatic rings. The number of hydrogen-bond donors (Lipinski definition) is 1. The number of rotatable bonds is 3. The summed E-state index contributed by atoms with van der Waals surface area (Å²) in [5.74, 6) is 0.883. The minimum atomic E-state index is -0.0895. The predicted molar refractivity (Wildman–Crippen MR) is 76.4 cm³/mol. The second kappa shape index (κ2) is 5.54. The molecule has 3 rings (SSSR count). The van der Waals surface area contributed by atoms with Crippen LogP contribution in [0, 0.1) is 5.92 Å². The zero-order valence-corrected chi connectivity index (χ0v) is 11.2. The molecule has 0 bridgehead atoms. The van der Waals surface area contributed by atoms with E-state index in [-0.39, 0.29) is 11.5 Å². The first-order chi connectivity index (χ1) is 9.76. The lowest BCUT2D eigenvalue weighted by Gasteiger charge is -2.28. The van der Waals surface area contributed by atoms with Crippen molar-refractivity contribution in [1.82, 2.24) is 14.9 Å². The molecule has 0 aliphatic carbocycles. The summed E-state index contributed by atoms with van der Waals surface area (Å²) in [6, 6.07) is 7.35. The Balaban J connectivity index is 1.78. The van der Waals surface area contributed by atoms with Crippen LogP contribution in [0.5, 0.6) is 0 Å². The molecule has 1 aromatic heterocycles. The van der Waals surface area contributed by atoms with Gasteiger partial charge in [0.15, 0.2) is 0 Å². The number of nitrogens with zero attached hydrogens (tertiary/aromatic N) is 2. The lowest BCUT2D eigenvalue weighted by Crippen LogP contribution is -2.34. The SMILES string of the molecule is O=CC1CCN(Cc2nc3ccccc3c(=O)[nH]2)CC1. The van der Waals surface area contributed by atoms with Crippen molar-refractivity contribution in [1.29, 1.82) is 0 Å². The van der Waals surface area contributed by atoms with Gasteiger partial charge in [-0.2, -0.15) is 0 Å². The Labute approximate surface area is 116 Å². The van der Waals surface area contributed by atoms with E-state index >= 15 is 0 Å². The van der Waals surface area contributed by atoms with Crippen molar-refractivity contribution in [2.45, 2.75) is 19.4 Å². The minimum Gasteiger partial charge on any atom is -0.309 e. The van der Waals surface area contributed by atoms with Crippen molar-refractivity contribution in [3.05, 3.63) is 40.4 Å². The Kier molecular flexibility index (Phi) is 3.60. The number of benzene rings is 1. The van der Waals surface area contributed by atoms with Crippen molar-refractivity contribution < 1.29 is 4.79 Å². The van der Waals surface area contributed by atoms with Gasteiger partial charge in [-0.15, -0.1) is 0 Å². The molecular weight excluding hydrogens is 254 g/mol. The number of aromatic amines is 1. The van der Waals surface area contributed by atoms with Crippen LogP contribution in [-0.2, 0) is 11.3 Å². The zero-order valence-electron chi connectivity index (χ0n) is 11.2. The monoisotopic (exact) mass is 271 g/mol. The molecule has 1 aromatic carbocycles. The summed E-state index contributed by atoms with van der Waals surface area (Å²) >= 11 is 0. The van der Waals surface area contributed by atoms with E-state index in [0.717, 1.165) is 37.7 Å². The number of aromatic nitrogens is 2. The molecule has 5 nitrogen and oxygen atoms in total. The molecular formula is C15H17N3O2. The van der Waals surface area contributed by atoms with Crippen LogP contribution in [0.4, 0.5) is 0 Å². The van der Waals surface area contributed by atoms with Crippen LogP contribution in [0.1, 0.15) is 18.7 Å². The minimum absolute atomic E-state index is 0.0895. The average molecular weight is 271 g/mol. The number of para-hydroxylation sites is 1. The number of carbonyl (C=O) groups is 1. The van der Waals surface area contributed by atoms with Crippen LogP contribution in [0.3, 0.4) is 0 Å². The van der Waals surface area contributed by atoms with E-state index in [4.69, 9.17) is 0 Å². The lowest BCUT2D eigenvalue weighted by molar-refractivity contribution is -0.112. The van der Waals surface area contributed by atoms with Gasteiger partial charge in [-0.1, -0.05) is 12.1 Å². The van der Waals surface area contributed by atoms with Crippen molar-refractivity contribution >= 4 is 17.2 Å². The largest absolute Gasteiger partial charge is 0.309 e. The van der Waals surface area contributed by atoms with E-state index in [2.05, 4.69) is 14.9 Å². The quantitative estimate of drug-likeness (QED) is 0.855. The normalized spacial score (nSPS) is 17.4. The maximum atomic E-state index is 12.0. The molecule has 1 fully saturated rings. The number of H-pyrrole nitrogens is 1. The number of fused-ring (bicyclic) bond motifs is 1. The van der Waals surface area contributed by atoms with Gasteiger partial charge < -0.3 is 9.78 Å². The molecule has 0 spiro atoms. The molecule has 2 aromatic rings. The number of hydrogen-bond acceptors (Lipinski definition) is 4. The summed E-state index contributed by atoms with van der Waals surface area (Å²) in [4.78, 5) is 32.3. The van der Waals surface area contributed by atoms with Crippen LogP contribution in [0.2, 0.25) is 0 Å². The molecule has 2 heterocycles. The summed E-state index contributed by atoms with van der Waals surface area (Å²) in [5.41, 5.74) is 0.641. The predicted octanol–water partition coefficient (Wildman–Crippen LogP) is 1.33. The van der Waals surface area contributed by atoms with Gasteiger partial charge in [-0.05, 0) is 38.1 Å². The summed E-state index contributed by atoms with van der Waals surface area (Å²) < 4.78 is 0. The molecule has 5 heteroatoms. The Bertz CT molecular complexity index is 672. The van der Waals surface area contributed by atoms with Crippen LogP contribution in [0.15, 0.2) is 29.1 Å². The summed E-state index contributed by atoms with van der Waals surface area (Å²) in [7, 11) is 0.